The number of rotatable bonds is 7. The molecular formula is C20H21N5O5. The van der Waals surface area contributed by atoms with E-state index in [0.29, 0.717) is 28.7 Å². The van der Waals surface area contributed by atoms with Crippen molar-refractivity contribution in [2.24, 2.45) is 29.5 Å². The lowest BCUT2D eigenvalue weighted by molar-refractivity contribution is 0.313. The molecule has 0 saturated heterocycles. The molecule has 156 valence electrons. The summed E-state index contributed by atoms with van der Waals surface area (Å²) in [6.45, 7) is 0. The van der Waals surface area contributed by atoms with Gasteiger partial charge in [-0.05, 0) is 35.9 Å². The zero-order valence-corrected chi connectivity index (χ0v) is 15.8. The van der Waals surface area contributed by atoms with Crippen LogP contribution in [-0.4, -0.2) is 0 Å². The third-order valence-corrected chi connectivity index (χ3v) is 5.31. The summed E-state index contributed by atoms with van der Waals surface area (Å²) in [6.07, 6.45) is 0. The summed E-state index contributed by atoms with van der Waals surface area (Å²) in [7, 11) is 0. The van der Waals surface area contributed by atoms with Crippen molar-refractivity contribution in [3.05, 3.63) is 76.9 Å². The molecule has 1 aliphatic rings. The quantitative estimate of drug-likeness (QED) is 0.355. The molecule has 3 aromatic carbocycles. The van der Waals surface area contributed by atoms with Gasteiger partial charge in [0.15, 0.2) is 17.2 Å². The molecule has 10 N–H and O–H groups in total. The number of hydrogen-bond acceptors (Lipinski definition) is 10. The van der Waals surface area contributed by atoms with Crippen LogP contribution >= 0.6 is 0 Å². The Morgan fingerprint density at radius 1 is 0.533 bits per heavy atom. The van der Waals surface area contributed by atoms with E-state index < -0.39 is 0 Å². The Labute approximate surface area is 171 Å². The van der Waals surface area contributed by atoms with E-state index in [1.54, 1.807) is 30.3 Å². The van der Waals surface area contributed by atoms with E-state index >= 15 is 0 Å². The minimum Gasteiger partial charge on any atom is -0.412 e. The third-order valence-electron chi connectivity index (χ3n) is 5.31. The molecule has 3 aromatic rings. The van der Waals surface area contributed by atoms with Crippen LogP contribution in [0.15, 0.2) is 54.6 Å². The minimum absolute atomic E-state index is 0.254. The Kier molecular flexibility index (Phi) is 5.31. The molecule has 0 heterocycles. The molecule has 0 fully saturated rings. The number of nitrogens with two attached hydrogens (primary N) is 5. The summed E-state index contributed by atoms with van der Waals surface area (Å²) in [6, 6.07) is 16.0. The third kappa shape index (κ3) is 3.14. The van der Waals surface area contributed by atoms with Crippen molar-refractivity contribution < 1.29 is 24.2 Å². The van der Waals surface area contributed by atoms with Crippen LogP contribution in [0.3, 0.4) is 0 Å². The summed E-state index contributed by atoms with van der Waals surface area (Å²) >= 11 is 0. The summed E-state index contributed by atoms with van der Waals surface area (Å²) < 4.78 is 0. The first-order valence-electron chi connectivity index (χ1n) is 8.90. The van der Waals surface area contributed by atoms with Crippen molar-refractivity contribution in [2.45, 2.75) is 11.8 Å². The van der Waals surface area contributed by atoms with Crippen LogP contribution < -0.4 is 53.7 Å². The normalized spacial score (nSPS) is 16.8. The van der Waals surface area contributed by atoms with Crippen molar-refractivity contribution in [2.75, 3.05) is 0 Å². The van der Waals surface area contributed by atoms with Gasteiger partial charge in [0.25, 0.3) is 0 Å². The van der Waals surface area contributed by atoms with Gasteiger partial charge < -0.3 is 24.2 Å². The van der Waals surface area contributed by atoms with Gasteiger partial charge in [-0.15, -0.1) is 0 Å². The molecule has 2 unspecified atom stereocenters. The molecule has 30 heavy (non-hydrogen) atoms. The highest BCUT2D eigenvalue weighted by Crippen LogP contribution is 2.58. The van der Waals surface area contributed by atoms with E-state index in [-0.39, 0.29) is 11.8 Å². The number of benzene rings is 3. The fourth-order valence-corrected chi connectivity index (χ4v) is 4.12. The highest BCUT2D eigenvalue weighted by atomic mass is 16.6. The van der Waals surface area contributed by atoms with Gasteiger partial charge in [0.05, 0.1) is 0 Å². The molecule has 10 heteroatoms. The lowest BCUT2D eigenvalue weighted by Gasteiger charge is -2.23. The van der Waals surface area contributed by atoms with Crippen LogP contribution in [-0.2, 0) is 0 Å². The van der Waals surface area contributed by atoms with Gasteiger partial charge in [0.1, 0.15) is 11.5 Å². The SMILES string of the molecule is NOc1cccc(C2c3cc(ON)cc(c3ON)C2c2ccc(ON)cc2ON)c1. The smallest absolute Gasteiger partial charge is 0.154 e. The van der Waals surface area contributed by atoms with Gasteiger partial charge in [0, 0.05) is 34.6 Å². The van der Waals surface area contributed by atoms with Crippen LogP contribution in [0.5, 0.6) is 28.7 Å². The van der Waals surface area contributed by atoms with Crippen molar-refractivity contribution >= 4 is 0 Å². The van der Waals surface area contributed by atoms with Gasteiger partial charge in [-0.1, -0.05) is 18.2 Å². The molecular weight excluding hydrogens is 390 g/mol. The van der Waals surface area contributed by atoms with E-state index in [9.17, 15) is 0 Å². The van der Waals surface area contributed by atoms with Gasteiger partial charge in [-0.2, -0.15) is 29.5 Å². The van der Waals surface area contributed by atoms with Crippen LogP contribution in [0.1, 0.15) is 34.1 Å². The molecule has 1 aliphatic carbocycles. The van der Waals surface area contributed by atoms with Crippen LogP contribution in [0.25, 0.3) is 0 Å². The molecule has 10 nitrogen and oxygen atoms in total. The van der Waals surface area contributed by atoms with Crippen molar-refractivity contribution in [1.29, 1.82) is 0 Å². The Morgan fingerprint density at radius 2 is 1.20 bits per heavy atom. The predicted octanol–water partition coefficient (Wildman–Crippen LogP) is 1.23. The molecule has 2 bridgehead atoms. The minimum atomic E-state index is -0.305. The van der Waals surface area contributed by atoms with E-state index in [4.69, 9.17) is 53.7 Å². The van der Waals surface area contributed by atoms with Gasteiger partial charge >= 0.3 is 0 Å². The zero-order valence-electron chi connectivity index (χ0n) is 15.8. The van der Waals surface area contributed by atoms with E-state index in [1.807, 2.05) is 24.3 Å². The maximum Gasteiger partial charge on any atom is 0.154 e. The average Bonchev–Trinajstić information content (AvgIpc) is 2.99. The van der Waals surface area contributed by atoms with Gasteiger partial charge in [0.2, 0.25) is 0 Å². The predicted molar refractivity (Wildman–Crippen MR) is 107 cm³/mol. The number of fused-ring (bicyclic) bond motifs is 2. The summed E-state index contributed by atoms with van der Waals surface area (Å²) in [5.74, 6) is 28.9. The van der Waals surface area contributed by atoms with E-state index in [0.717, 1.165) is 22.3 Å². The van der Waals surface area contributed by atoms with Crippen LogP contribution in [0.2, 0.25) is 0 Å². The van der Waals surface area contributed by atoms with Crippen molar-refractivity contribution in [1.82, 2.24) is 0 Å². The molecule has 0 aliphatic heterocycles. The summed E-state index contributed by atoms with van der Waals surface area (Å²) in [5.41, 5.74) is 3.17. The Morgan fingerprint density at radius 3 is 1.83 bits per heavy atom. The monoisotopic (exact) mass is 411 g/mol. The molecule has 0 radical (unpaired) electrons. The first-order chi connectivity index (χ1) is 14.6. The Hall–Kier alpha value is -3.54. The maximum absolute atomic E-state index is 5.63. The zero-order chi connectivity index (χ0) is 21.3. The fourth-order valence-electron chi connectivity index (χ4n) is 4.12. The standard InChI is InChI=1S/C20H21N5O5/c21-26-11-3-1-2-10(6-11)18-15-7-13(28-23)8-16(20(15)30-25)19(18)14-5-4-12(27-22)9-17(14)29-24/h1-9,18-19H,21-25H2. The number of hydrogen-bond donors (Lipinski definition) is 5. The Bertz CT molecular complexity index is 1080. The van der Waals surface area contributed by atoms with Gasteiger partial charge in [-0.3, -0.25) is 0 Å². The lowest BCUT2D eigenvalue weighted by atomic mass is 9.80. The fraction of sp³-hybridized carbons (Fsp3) is 0.100. The second-order valence-corrected chi connectivity index (χ2v) is 6.75. The summed E-state index contributed by atoms with van der Waals surface area (Å²) in [4.78, 5) is 25.1. The van der Waals surface area contributed by atoms with Gasteiger partial charge in [-0.25, -0.2) is 0 Å². The molecule has 2 atom stereocenters. The second kappa shape index (κ2) is 8.06. The van der Waals surface area contributed by atoms with Crippen LogP contribution in [0, 0.1) is 0 Å². The maximum atomic E-state index is 5.63. The second-order valence-electron chi connectivity index (χ2n) is 6.75. The highest BCUT2D eigenvalue weighted by Gasteiger charge is 2.42. The lowest BCUT2D eigenvalue weighted by Crippen LogP contribution is -2.13. The first-order valence-corrected chi connectivity index (χ1v) is 8.90. The molecule has 0 saturated carbocycles. The largest absolute Gasteiger partial charge is 0.412 e. The summed E-state index contributed by atoms with van der Waals surface area (Å²) in [5, 5.41) is 0. The van der Waals surface area contributed by atoms with E-state index in [2.05, 4.69) is 0 Å². The molecule has 0 amide bonds. The average molecular weight is 411 g/mol. The van der Waals surface area contributed by atoms with Crippen LogP contribution in [0.4, 0.5) is 0 Å². The van der Waals surface area contributed by atoms with E-state index in [1.165, 1.54) is 0 Å². The Balaban J connectivity index is 1.96. The topological polar surface area (TPSA) is 176 Å². The highest BCUT2D eigenvalue weighted by molar-refractivity contribution is 5.65. The molecule has 0 spiro atoms. The molecule has 0 aromatic heterocycles. The van der Waals surface area contributed by atoms with Crippen molar-refractivity contribution in [3.8, 4) is 28.7 Å². The van der Waals surface area contributed by atoms with Crippen molar-refractivity contribution in [3.63, 3.8) is 0 Å². The first kappa shape index (κ1) is 19.8. The molecule has 4 rings (SSSR count).